The maximum absolute atomic E-state index is 5.78. The highest BCUT2D eigenvalue weighted by atomic mass is 35.5. The van der Waals surface area contributed by atoms with Gasteiger partial charge in [-0.05, 0) is 0 Å². The van der Waals surface area contributed by atoms with Gasteiger partial charge in [-0.25, -0.2) is 4.98 Å². The molecule has 82 valence electrons. The van der Waals surface area contributed by atoms with Crippen LogP contribution in [0.4, 0.5) is 5.82 Å². The Bertz CT molecular complexity index is 336. The molecule has 0 spiro atoms. The van der Waals surface area contributed by atoms with Gasteiger partial charge in [0.2, 0.25) is 0 Å². The lowest BCUT2D eigenvalue weighted by Gasteiger charge is -2.32. The van der Waals surface area contributed by atoms with Crippen molar-refractivity contribution in [2.75, 3.05) is 31.1 Å². The van der Waals surface area contributed by atoms with Crippen LogP contribution in [0.1, 0.15) is 0 Å². The van der Waals surface area contributed by atoms with Crippen molar-refractivity contribution in [3.05, 3.63) is 17.5 Å². The lowest BCUT2D eigenvalue weighted by Crippen LogP contribution is -2.46. The zero-order chi connectivity index (χ0) is 10.7. The first-order chi connectivity index (χ1) is 7.29. The summed E-state index contributed by atoms with van der Waals surface area (Å²) in [5, 5.41) is 0.406. The second-order valence-electron chi connectivity index (χ2n) is 3.37. The fraction of sp³-hybridized carbons (Fsp3) is 0.556. The van der Waals surface area contributed by atoms with Gasteiger partial charge in [-0.1, -0.05) is 11.6 Å². The molecule has 0 radical (unpaired) electrons. The van der Waals surface area contributed by atoms with Crippen LogP contribution in [0, 0.1) is 0 Å². The molecule has 2 N–H and O–H groups in total. The minimum atomic E-state index is 0.0690. The Morgan fingerprint density at radius 1 is 1.60 bits per heavy atom. The predicted molar refractivity (Wildman–Crippen MR) is 58.0 cm³/mol. The topological polar surface area (TPSA) is 64.3 Å². The first-order valence-electron chi connectivity index (χ1n) is 4.84. The fourth-order valence-electron chi connectivity index (χ4n) is 1.55. The van der Waals surface area contributed by atoms with Crippen LogP contribution < -0.4 is 10.6 Å². The highest BCUT2D eigenvalue weighted by molar-refractivity contribution is 6.29. The summed E-state index contributed by atoms with van der Waals surface area (Å²) >= 11 is 5.78. The van der Waals surface area contributed by atoms with Crippen molar-refractivity contribution in [2.24, 2.45) is 5.73 Å². The number of nitrogens with two attached hydrogens (primary N) is 1. The van der Waals surface area contributed by atoms with E-state index in [0.29, 0.717) is 18.3 Å². The van der Waals surface area contributed by atoms with Gasteiger partial charge < -0.3 is 15.4 Å². The van der Waals surface area contributed by atoms with E-state index in [1.165, 1.54) is 6.20 Å². The van der Waals surface area contributed by atoms with Crippen molar-refractivity contribution in [1.82, 2.24) is 9.97 Å². The summed E-state index contributed by atoms with van der Waals surface area (Å²) in [6.07, 6.45) is 3.29. The number of aromatic nitrogens is 2. The van der Waals surface area contributed by atoms with E-state index < -0.39 is 0 Å². The van der Waals surface area contributed by atoms with E-state index in [0.717, 1.165) is 18.9 Å². The van der Waals surface area contributed by atoms with Crippen molar-refractivity contribution in [2.45, 2.75) is 6.10 Å². The third-order valence-corrected chi connectivity index (χ3v) is 2.50. The summed E-state index contributed by atoms with van der Waals surface area (Å²) in [7, 11) is 0. The molecular weight excluding hydrogens is 216 g/mol. The van der Waals surface area contributed by atoms with Crippen LogP contribution in [0.5, 0.6) is 0 Å². The Labute approximate surface area is 93.2 Å². The average Bonchev–Trinajstić information content (AvgIpc) is 2.29. The van der Waals surface area contributed by atoms with E-state index >= 15 is 0 Å². The number of ether oxygens (including phenoxy) is 1. The monoisotopic (exact) mass is 228 g/mol. The van der Waals surface area contributed by atoms with Gasteiger partial charge in [0.15, 0.2) is 0 Å². The van der Waals surface area contributed by atoms with Crippen molar-refractivity contribution in [3.8, 4) is 0 Å². The summed E-state index contributed by atoms with van der Waals surface area (Å²) < 4.78 is 5.46. The third-order valence-electron chi connectivity index (χ3n) is 2.32. The molecule has 1 atom stereocenters. The summed E-state index contributed by atoms with van der Waals surface area (Å²) in [6.45, 7) is 2.72. The molecule has 0 aliphatic carbocycles. The molecule has 0 bridgehead atoms. The van der Waals surface area contributed by atoms with Crippen LogP contribution in [0.3, 0.4) is 0 Å². The van der Waals surface area contributed by atoms with Gasteiger partial charge in [-0.3, -0.25) is 4.98 Å². The minimum absolute atomic E-state index is 0.0690. The number of hydrogen-bond donors (Lipinski definition) is 1. The predicted octanol–water partition coefficient (Wildman–Crippen LogP) is 0.294. The molecule has 1 aromatic heterocycles. The van der Waals surface area contributed by atoms with Crippen molar-refractivity contribution >= 4 is 17.4 Å². The van der Waals surface area contributed by atoms with Gasteiger partial charge in [0, 0.05) is 19.6 Å². The van der Waals surface area contributed by atoms with E-state index in [9.17, 15) is 0 Å². The highest BCUT2D eigenvalue weighted by Gasteiger charge is 2.20. The molecule has 0 aromatic carbocycles. The number of morpholine rings is 1. The zero-order valence-electron chi connectivity index (χ0n) is 8.27. The van der Waals surface area contributed by atoms with Gasteiger partial charge in [0.05, 0.1) is 25.1 Å². The van der Waals surface area contributed by atoms with E-state index in [2.05, 4.69) is 14.9 Å². The van der Waals surface area contributed by atoms with Crippen LogP contribution in [0.25, 0.3) is 0 Å². The molecule has 15 heavy (non-hydrogen) atoms. The van der Waals surface area contributed by atoms with E-state index in [1.54, 1.807) is 6.20 Å². The number of halogens is 1. The number of anilines is 1. The molecule has 1 unspecified atom stereocenters. The molecule has 0 amide bonds. The SMILES string of the molecule is NCC1CN(c2cncc(Cl)n2)CCO1. The molecule has 2 heterocycles. The van der Waals surface area contributed by atoms with Gasteiger partial charge in [0.25, 0.3) is 0 Å². The van der Waals surface area contributed by atoms with E-state index in [4.69, 9.17) is 22.1 Å². The quantitative estimate of drug-likeness (QED) is 0.789. The van der Waals surface area contributed by atoms with Gasteiger partial charge >= 0.3 is 0 Å². The van der Waals surface area contributed by atoms with Gasteiger partial charge in [-0.2, -0.15) is 0 Å². The molecule has 1 aliphatic heterocycles. The van der Waals surface area contributed by atoms with Crippen molar-refractivity contribution in [1.29, 1.82) is 0 Å². The fourth-order valence-corrected chi connectivity index (χ4v) is 1.70. The second kappa shape index (κ2) is 4.74. The molecule has 1 saturated heterocycles. The Balaban J connectivity index is 2.09. The first-order valence-corrected chi connectivity index (χ1v) is 5.21. The third kappa shape index (κ3) is 2.56. The summed E-state index contributed by atoms with van der Waals surface area (Å²) in [5.41, 5.74) is 5.56. The average molecular weight is 229 g/mol. The second-order valence-corrected chi connectivity index (χ2v) is 3.76. The largest absolute Gasteiger partial charge is 0.373 e. The molecule has 6 heteroatoms. The molecule has 2 rings (SSSR count). The summed E-state index contributed by atoms with van der Waals surface area (Å²) in [4.78, 5) is 10.3. The van der Waals surface area contributed by atoms with Crippen LogP contribution in [0.2, 0.25) is 5.15 Å². The minimum Gasteiger partial charge on any atom is -0.373 e. The Hall–Kier alpha value is -0.910. The molecular formula is C9H13ClN4O. The van der Waals surface area contributed by atoms with E-state index in [1.807, 2.05) is 0 Å². The lowest BCUT2D eigenvalue weighted by molar-refractivity contribution is 0.0463. The molecule has 1 fully saturated rings. The van der Waals surface area contributed by atoms with Gasteiger partial charge in [0.1, 0.15) is 11.0 Å². The maximum Gasteiger partial charge on any atom is 0.149 e. The van der Waals surface area contributed by atoms with Crippen LogP contribution in [0.15, 0.2) is 12.4 Å². The first kappa shape index (κ1) is 10.6. The highest BCUT2D eigenvalue weighted by Crippen LogP contribution is 2.15. The zero-order valence-corrected chi connectivity index (χ0v) is 9.02. The van der Waals surface area contributed by atoms with Crippen LogP contribution in [-0.2, 0) is 4.74 Å². The molecule has 0 saturated carbocycles. The smallest absolute Gasteiger partial charge is 0.149 e. The van der Waals surface area contributed by atoms with Crippen molar-refractivity contribution < 1.29 is 4.74 Å². The summed E-state index contributed by atoms with van der Waals surface area (Å²) in [6, 6.07) is 0. The maximum atomic E-state index is 5.78. The molecule has 1 aliphatic rings. The molecule has 5 nitrogen and oxygen atoms in total. The number of nitrogens with zero attached hydrogens (tertiary/aromatic N) is 3. The Kier molecular flexibility index (Phi) is 3.35. The van der Waals surface area contributed by atoms with Gasteiger partial charge in [-0.15, -0.1) is 0 Å². The summed E-state index contributed by atoms with van der Waals surface area (Å²) in [5.74, 6) is 0.782. The van der Waals surface area contributed by atoms with E-state index in [-0.39, 0.29) is 6.10 Å². The Morgan fingerprint density at radius 3 is 3.20 bits per heavy atom. The van der Waals surface area contributed by atoms with Crippen molar-refractivity contribution in [3.63, 3.8) is 0 Å². The number of rotatable bonds is 2. The standard InChI is InChI=1S/C9H13ClN4O/c10-8-4-12-5-9(13-8)14-1-2-15-7(3-11)6-14/h4-5,7H,1-3,6,11H2. The molecule has 1 aromatic rings. The lowest BCUT2D eigenvalue weighted by atomic mass is 10.3. The van der Waals surface area contributed by atoms with Crippen LogP contribution >= 0.6 is 11.6 Å². The normalized spacial score (nSPS) is 21.7. The van der Waals surface area contributed by atoms with Crippen LogP contribution in [-0.4, -0.2) is 42.3 Å². The number of hydrogen-bond acceptors (Lipinski definition) is 5. The Morgan fingerprint density at radius 2 is 2.47 bits per heavy atom.